The van der Waals surface area contributed by atoms with Crippen LogP contribution in [0.3, 0.4) is 0 Å². The van der Waals surface area contributed by atoms with Crippen LogP contribution >= 0.6 is 0 Å². The van der Waals surface area contributed by atoms with Crippen LogP contribution < -0.4 is 4.74 Å². The third kappa shape index (κ3) is 6.87. The summed E-state index contributed by atoms with van der Waals surface area (Å²) in [6.45, 7) is 6.02. The molecule has 1 amide bonds. The van der Waals surface area contributed by atoms with Gasteiger partial charge in [-0.2, -0.15) is 22.6 Å². The summed E-state index contributed by atoms with van der Waals surface area (Å²) in [6, 6.07) is 14.5. The molecule has 0 radical (unpaired) electrons. The SMILES string of the molecule is Cc1ccc(-c2cc(C(F)(F)F)nn2-c2ccc(S(=O)(=O)N(C(=O)OCCOc3ncccn3)C(C)(C)C)cc2)cc1. The minimum absolute atomic E-state index is 0.0685. The molecule has 2 heterocycles. The number of nitrogens with zero attached hydrogens (tertiary/aromatic N) is 5. The van der Waals surface area contributed by atoms with Crippen LogP contribution in [0.4, 0.5) is 18.0 Å². The average molecular weight is 604 g/mol. The van der Waals surface area contributed by atoms with E-state index in [-0.39, 0.29) is 35.5 Å². The second-order valence-electron chi connectivity index (χ2n) is 10.1. The van der Waals surface area contributed by atoms with Gasteiger partial charge in [-0.15, -0.1) is 0 Å². The first kappa shape index (κ1) is 30.5. The molecular formula is C28H28F3N5O5S. The summed E-state index contributed by atoms with van der Waals surface area (Å²) < 4.78 is 80.0. The number of benzene rings is 2. The molecule has 10 nitrogen and oxygen atoms in total. The lowest BCUT2D eigenvalue weighted by molar-refractivity contribution is -0.141. The van der Waals surface area contributed by atoms with Gasteiger partial charge in [-0.25, -0.2) is 27.9 Å². The second-order valence-corrected chi connectivity index (χ2v) is 11.9. The van der Waals surface area contributed by atoms with E-state index in [1.165, 1.54) is 57.4 Å². The zero-order valence-electron chi connectivity index (χ0n) is 23.2. The summed E-state index contributed by atoms with van der Waals surface area (Å²) >= 11 is 0. The fourth-order valence-electron chi connectivity index (χ4n) is 3.92. The Labute approximate surface area is 240 Å². The Hall–Kier alpha value is -4.46. The number of sulfonamides is 1. The Bertz CT molecular complexity index is 1630. The molecule has 0 aliphatic heterocycles. The molecule has 4 rings (SSSR count). The van der Waals surface area contributed by atoms with Crippen molar-refractivity contribution < 1.29 is 35.9 Å². The quantitative estimate of drug-likeness (QED) is 0.237. The van der Waals surface area contributed by atoms with Gasteiger partial charge in [-0.05, 0) is 64.1 Å². The molecule has 0 aliphatic rings. The van der Waals surface area contributed by atoms with Gasteiger partial charge in [0.15, 0.2) is 5.69 Å². The van der Waals surface area contributed by atoms with Crippen LogP contribution in [0.1, 0.15) is 32.0 Å². The molecule has 222 valence electrons. The smallest absolute Gasteiger partial charge is 0.435 e. The van der Waals surface area contributed by atoms with E-state index < -0.39 is 33.5 Å². The molecule has 0 bridgehead atoms. The molecule has 0 N–H and O–H groups in total. The van der Waals surface area contributed by atoms with Gasteiger partial charge in [-0.3, -0.25) is 0 Å². The molecule has 0 aliphatic carbocycles. The molecule has 0 fully saturated rings. The van der Waals surface area contributed by atoms with E-state index in [2.05, 4.69) is 15.1 Å². The van der Waals surface area contributed by atoms with Crippen LogP contribution in [0.25, 0.3) is 16.9 Å². The number of hydrogen-bond acceptors (Lipinski definition) is 8. The van der Waals surface area contributed by atoms with Crippen molar-refractivity contribution in [2.75, 3.05) is 13.2 Å². The Morgan fingerprint density at radius 1 is 0.952 bits per heavy atom. The maximum Gasteiger partial charge on any atom is 0.435 e. The monoisotopic (exact) mass is 603 g/mol. The lowest BCUT2D eigenvalue weighted by Gasteiger charge is -2.33. The van der Waals surface area contributed by atoms with E-state index in [1.54, 1.807) is 30.3 Å². The van der Waals surface area contributed by atoms with Gasteiger partial charge in [0.25, 0.3) is 10.0 Å². The molecule has 2 aromatic carbocycles. The molecule has 42 heavy (non-hydrogen) atoms. The summed E-state index contributed by atoms with van der Waals surface area (Å²) in [5.74, 6) is 0. The van der Waals surface area contributed by atoms with Gasteiger partial charge in [0.2, 0.25) is 0 Å². The number of ether oxygens (including phenoxy) is 2. The summed E-state index contributed by atoms with van der Waals surface area (Å²) in [7, 11) is -4.45. The molecule has 0 spiro atoms. The minimum Gasteiger partial charge on any atom is -0.460 e. The number of rotatable bonds is 8. The van der Waals surface area contributed by atoms with Gasteiger partial charge in [-0.1, -0.05) is 29.8 Å². The number of carbonyl (C=O) groups is 1. The highest BCUT2D eigenvalue weighted by Crippen LogP contribution is 2.34. The topological polar surface area (TPSA) is 117 Å². The zero-order valence-corrected chi connectivity index (χ0v) is 24.0. The molecule has 0 saturated carbocycles. The standard InChI is InChI=1S/C28H28F3N5O5S/c1-19-6-8-20(9-7-19)23-18-24(28(29,30)31)34-35(23)21-10-12-22(13-11-21)42(38,39)36(27(2,3)4)26(37)41-17-16-40-25-32-14-5-15-33-25/h5-15,18H,16-17H2,1-4H3. The molecule has 0 unspecified atom stereocenters. The van der Waals surface area contributed by atoms with E-state index in [9.17, 15) is 26.4 Å². The van der Waals surface area contributed by atoms with Crippen molar-refractivity contribution in [2.45, 2.75) is 44.3 Å². The van der Waals surface area contributed by atoms with Crippen molar-refractivity contribution in [3.05, 3.63) is 84.3 Å². The second kappa shape index (κ2) is 11.8. The lowest BCUT2D eigenvalue weighted by atomic mass is 10.1. The predicted octanol–water partition coefficient (Wildman–Crippen LogP) is 5.66. The van der Waals surface area contributed by atoms with E-state index in [0.29, 0.717) is 9.87 Å². The summed E-state index contributed by atoms with van der Waals surface area (Å²) in [5.41, 5.74) is -0.551. The number of carbonyl (C=O) groups excluding carboxylic acids is 1. The third-order valence-corrected chi connectivity index (χ3v) is 7.87. The first-order chi connectivity index (χ1) is 19.7. The molecule has 2 aromatic heterocycles. The van der Waals surface area contributed by atoms with Crippen LogP contribution in [-0.4, -0.2) is 57.3 Å². The van der Waals surface area contributed by atoms with Gasteiger partial charge < -0.3 is 9.47 Å². The van der Waals surface area contributed by atoms with Gasteiger partial charge in [0, 0.05) is 18.0 Å². The Kier molecular flexibility index (Phi) is 8.57. The molecular weight excluding hydrogens is 575 g/mol. The predicted molar refractivity (Wildman–Crippen MR) is 146 cm³/mol. The van der Waals surface area contributed by atoms with Crippen LogP contribution in [0.5, 0.6) is 6.01 Å². The van der Waals surface area contributed by atoms with Crippen molar-refractivity contribution in [3.63, 3.8) is 0 Å². The van der Waals surface area contributed by atoms with Crippen LogP contribution in [0.15, 0.2) is 78.0 Å². The highest BCUT2D eigenvalue weighted by Gasteiger charge is 2.40. The summed E-state index contributed by atoms with van der Waals surface area (Å²) in [4.78, 5) is 20.4. The van der Waals surface area contributed by atoms with Crippen LogP contribution in [0.2, 0.25) is 0 Å². The highest BCUT2D eigenvalue weighted by molar-refractivity contribution is 7.89. The normalized spacial score (nSPS) is 12.2. The zero-order chi connectivity index (χ0) is 30.7. The Morgan fingerprint density at radius 2 is 1.57 bits per heavy atom. The van der Waals surface area contributed by atoms with Gasteiger partial charge in [0.1, 0.15) is 13.2 Å². The van der Waals surface area contributed by atoms with Crippen molar-refractivity contribution in [1.82, 2.24) is 24.1 Å². The van der Waals surface area contributed by atoms with E-state index in [0.717, 1.165) is 16.3 Å². The maximum absolute atomic E-state index is 13.6. The highest BCUT2D eigenvalue weighted by atomic mass is 32.2. The number of alkyl halides is 3. The largest absolute Gasteiger partial charge is 0.460 e. The Morgan fingerprint density at radius 3 is 2.14 bits per heavy atom. The number of aromatic nitrogens is 4. The van der Waals surface area contributed by atoms with Crippen LogP contribution in [-0.2, 0) is 20.9 Å². The summed E-state index contributed by atoms with van der Waals surface area (Å²) in [5, 5.41) is 3.75. The molecule has 0 saturated heterocycles. The average Bonchev–Trinajstić information content (AvgIpc) is 3.38. The molecule has 4 aromatic rings. The lowest BCUT2D eigenvalue weighted by Crippen LogP contribution is -2.49. The number of hydrogen-bond donors (Lipinski definition) is 0. The van der Waals surface area contributed by atoms with E-state index in [1.807, 2.05) is 6.92 Å². The van der Waals surface area contributed by atoms with Crippen molar-refractivity contribution in [1.29, 1.82) is 0 Å². The number of amides is 1. The minimum atomic E-state index is -4.69. The number of halogens is 3. The molecule has 14 heteroatoms. The summed E-state index contributed by atoms with van der Waals surface area (Å²) in [6.07, 6.45) is -2.88. The van der Waals surface area contributed by atoms with E-state index >= 15 is 0 Å². The first-order valence-corrected chi connectivity index (χ1v) is 14.1. The van der Waals surface area contributed by atoms with Gasteiger partial charge in [0.05, 0.1) is 21.8 Å². The van der Waals surface area contributed by atoms with Crippen molar-refractivity contribution >= 4 is 16.1 Å². The number of aryl methyl sites for hydroxylation is 1. The Balaban J connectivity index is 1.59. The first-order valence-electron chi connectivity index (χ1n) is 12.6. The fourth-order valence-corrected chi connectivity index (χ4v) is 5.59. The fraction of sp³-hybridized carbons (Fsp3) is 0.286. The maximum atomic E-state index is 13.6. The van der Waals surface area contributed by atoms with E-state index in [4.69, 9.17) is 9.47 Å². The van der Waals surface area contributed by atoms with Crippen molar-refractivity contribution in [2.24, 2.45) is 0 Å². The van der Waals surface area contributed by atoms with Gasteiger partial charge >= 0.3 is 18.3 Å². The van der Waals surface area contributed by atoms with Crippen molar-refractivity contribution in [3.8, 4) is 23.0 Å². The van der Waals surface area contributed by atoms with Crippen LogP contribution in [0, 0.1) is 6.92 Å². The molecule has 0 atom stereocenters. The third-order valence-electron chi connectivity index (χ3n) is 5.82.